The molecule has 0 N–H and O–H groups in total. The van der Waals surface area contributed by atoms with Crippen molar-refractivity contribution in [3.8, 4) is 0 Å². The van der Waals surface area contributed by atoms with Crippen LogP contribution in [0.25, 0.3) is 0 Å². The molecule has 0 bridgehead atoms. The molecule has 0 fully saturated rings. The van der Waals surface area contributed by atoms with E-state index >= 15 is 0 Å². The zero-order valence-electron chi connectivity index (χ0n) is 4.82. The third kappa shape index (κ3) is 5.89. The molecular formula is C5H11FN. The first-order valence-electron chi connectivity index (χ1n) is 2.58. The van der Waals surface area contributed by atoms with Crippen LogP contribution < -0.4 is 5.32 Å². The van der Waals surface area contributed by atoms with Crippen molar-refractivity contribution < 1.29 is 4.39 Å². The van der Waals surface area contributed by atoms with Gasteiger partial charge in [-0.05, 0) is 13.3 Å². The molecular weight excluding hydrogens is 93.1 g/mol. The minimum Gasteiger partial charge on any atom is -0.229 e. The highest BCUT2D eigenvalue weighted by molar-refractivity contribution is 4.41. The van der Waals surface area contributed by atoms with Gasteiger partial charge in [-0.15, -0.1) is 0 Å². The van der Waals surface area contributed by atoms with Crippen molar-refractivity contribution in [2.45, 2.75) is 26.6 Å². The molecule has 0 aromatic carbocycles. The third-order valence-corrected chi connectivity index (χ3v) is 0.604. The van der Waals surface area contributed by atoms with Crippen molar-refractivity contribution in [3.05, 3.63) is 0 Å². The smallest absolute Gasteiger partial charge is 0.163 e. The summed E-state index contributed by atoms with van der Waals surface area (Å²) in [4.78, 5) is 0. The van der Waals surface area contributed by atoms with Gasteiger partial charge in [0.25, 0.3) is 0 Å². The third-order valence-electron chi connectivity index (χ3n) is 0.604. The van der Waals surface area contributed by atoms with Crippen LogP contribution in [0.15, 0.2) is 0 Å². The lowest BCUT2D eigenvalue weighted by atomic mass is 10.5. The zero-order valence-corrected chi connectivity index (χ0v) is 4.82. The molecule has 0 amide bonds. The van der Waals surface area contributed by atoms with Gasteiger partial charge in [0.05, 0.1) is 0 Å². The molecule has 0 aliphatic heterocycles. The van der Waals surface area contributed by atoms with Crippen LogP contribution >= 0.6 is 0 Å². The molecule has 43 valence electrons. The van der Waals surface area contributed by atoms with Gasteiger partial charge in [0, 0.05) is 6.54 Å². The molecule has 2 heteroatoms. The molecule has 0 spiro atoms. The van der Waals surface area contributed by atoms with Gasteiger partial charge in [-0.1, -0.05) is 6.92 Å². The van der Waals surface area contributed by atoms with Gasteiger partial charge in [-0.25, -0.2) is 9.71 Å². The Kier molecular flexibility index (Phi) is 4.00. The van der Waals surface area contributed by atoms with E-state index in [1.807, 2.05) is 6.92 Å². The van der Waals surface area contributed by atoms with Gasteiger partial charge in [-0.2, -0.15) is 0 Å². The summed E-state index contributed by atoms with van der Waals surface area (Å²) in [5, 5.41) is 3.58. The van der Waals surface area contributed by atoms with Gasteiger partial charge in [0.15, 0.2) is 6.30 Å². The van der Waals surface area contributed by atoms with Gasteiger partial charge in [0.2, 0.25) is 0 Å². The van der Waals surface area contributed by atoms with Crippen LogP contribution in [0.3, 0.4) is 0 Å². The minimum atomic E-state index is -0.972. The predicted octanol–water partition coefficient (Wildman–Crippen LogP) is 1.32. The number of hydrogen-bond donors (Lipinski definition) is 0. The van der Waals surface area contributed by atoms with Gasteiger partial charge >= 0.3 is 0 Å². The van der Waals surface area contributed by atoms with Crippen molar-refractivity contribution in [3.63, 3.8) is 0 Å². The first-order valence-corrected chi connectivity index (χ1v) is 2.58. The maximum absolute atomic E-state index is 11.7. The van der Waals surface area contributed by atoms with E-state index in [1.54, 1.807) is 0 Å². The first kappa shape index (κ1) is 6.89. The number of hydrogen-bond acceptors (Lipinski definition) is 0. The Labute approximate surface area is 43.9 Å². The van der Waals surface area contributed by atoms with E-state index in [-0.39, 0.29) is 0 Å². The van der Waals surface area contributed by atoms with E-state index in [2.05, 4.69) is 5.32 Å². The van der Waals surface area contributed by atoms with E-state index in [0.717, 1.165) is 6.42 Å². The molecule has 1 nitrogen and oxygen atoms in total. The molecule has 1 atom stereocenters. The van der Waals surface area contributed by atoms with E-state index in [1.165, 1.54) is 6.92 Å². The standard InChI is InChI=1S/C5H11FN/c1-3-4-7-5(2)6/h5H,3-4H2,1-2H3. The fourth-order valence-electron chi connectivity index (χ4n) is 0.307. The molecule has 0 aliphatic carbocycles. The molecule has 1 radical (unpaired) electrons. The van der Waals surface area contributed by atoms with E-state index in [9.17, 15) is 4.39 Å². The maximum Gasteiger partial charge on any atom is 0.163 e. The second-order valence-electron chi connectivity index (χ2n) is 1.48. The molecule has 7 heavy (non-hydrogen) atoms. The van der Waals surface area contributed by atoms with Crippen LogP contribution in [0.5, 0.6) is 0 Å². The molecule has 0 saturated carbocycles. The fourth-order valence-corrected chi connectivity index (χ4v) is 0.307. The second-order valence-corrected chi connectivity index (χ2v) is 1.48. The fraction of sp³-hybridized carbons (Fsp3) is 1.00. The Morgan fingerprint density at radius 1 is 1.71 bits per heavy atom. The Hall–Kier alpha value is -0.110. The topological polar surface area (TPSA) is 14.1 Å². The summed E-state index contributed by atoms with van der Waals surface area (Å²) in [5.74, 6) is 0. The van der Waals surface area contributed by atoms with Crippen LogP contribution in [0.2, 0.25) is 0 Å². The minimum absolute atomic E-state index is 0.650. The summed E-state index contributed by atoms with van der Waals surface area (Å²) in [6, 6.07) is 0. The summed E-state index contributed by atoms with van der Waals surface area (Å²) >= 11 is 0. The van der Waals surface area contributed by atoms with Gasteiger partial charge < -0.3 is 0 Å². The maximum atomic E-state index is 11.7. The highest BCUT2D eigenvalue weighted by atomic mass is 19.1. The highest BCUT2D eigenvalue weighted by Gasteiger charge is 1.92. The largest absolute Gasteiger partial charge is 0.229 e. The van der Waals surface area contributed by atoms with Crippen molar-refractivity contribution in [2.75, 3.05) is 6.54 Å². The van der Waals surface area contributed by atoms with Gasteiger partial charge in [0.1, 0.15) is 0 Å². The summed E-state index contributed by atoms with van der Waals surface area (Å²) < 4.78 is 11.7. The lowest BCUT2D eigenvalue weighted by molar-refractivity contribution is 0.293. The number of halogens is 1. The average molecular weight is 104 g/mol. The van der Waals surface area contributed by atoms with Gasteiger partial charge in [-0.3, -0.25) is 0 Å². The molecule has 0 rings (SSSR count). The Balaban J connectivity index is 2.68. The summed E-state index contributed by atoms with van der Waals surface area (Å²) in [6.07, 6.45) is -0.0335. The number of nitrogens with zero attached hydrogens (tertiary/aromatic N) is 1. The van der Waals surface area contributed by atoms with Crippen molar-refractivity contribution in [2.24, 2.45) is 0 Å². The van der Waals surface area contributed by atoms with E-state index < -0.39 is 6.30 Å². The lowest BCUT2D eigenvalue weighted by Gasteiger charge is -1.96. The summed E-state index contributed by atoms with van der Waals surface area (Å²) in [5.41, 5.74) is 0. The van der Waals surface area contributed by atoms with E-state index in [0.29, 0.717) is 6.54 Å². The van der Waals surface area contributed by atoms with Crippen molar-refractivity contribution in [1.82, 2.24) is 5.32 Å². The molecule has 0 aromatic rings. The average Bonchev–Trinajstić information content (AvgIpc) is 1.61. The predicted molar refractivity (Wildman–Crippen MR) is 27.9 cm³/mol. The van der Waals surface area contributed by atoms with Crippen LogP contribution in [-0.2, 0) is 0 Å². The van der Waals surface area contributed by atoms with Crippen LogP contribution in [-0.4, -0.2) is 12.8 Å². The second kappa shape index (κ2) is 4.06. The Bertz CT molecular complexity index is 37.1. The number of rotatable bonds is 3. The quantitative estimate of drug-likeness (QED) is 0.479. The molecule has 0 saturated heterocycles. The SMILES string of the molecule is CCC[N]C(C)F. The van der Waals surface area contributed by atoms with E-state index in [4.69, 9.17) is 0 Å². The van der Waals surface area contributed by atoms with Crippen molar-refractivity contribution >= 4 is 0 Å². The van der Waals surface area contributed by atoms with Crippen LogP contribution in [0, 0.1) is 0 Å². The molecule has 0 aromatic heterocycles. The van der Waals surface area contributed by atoms with Crippen LogP contribution in [0.4, 0.5) is 4.39 Å². The van der Waals surface area contributed by atoms with Crippen LogP contribution in [0.1, 0.15) is 20.3 Å². The number of alkyl halides is 1. The Morgan fingerprint density at radius 3 is 2.43 bits per heavy atom. The monoisotopic (exact) mass is 104 g/mol. The zero-order chi connectivity index (χ0) is 5.70. The normalized spacial score (nSPS) is 14.1. The summed E-state index contributed by atoms with van der Waals surface area (Å²) in [6.45, 7) is 4.07. The lowest BCUT2D eigenvalue weighted by Crippen LogP contribution is -2.13. The van der Waals surface area contributed by atoms with Crippen molar-refractivity contribution in [1.29, 1.82) is 0 Å². The molecule has 0 heterocycles. The Morgan fingerprint density at radius 2 is 2.29 bits per heavy atom. The molecule has 1 unspecified atom stereocenters. The highest BCUT2D eigenvalue weighted by Crippen LogP contribution is 1.83. The molecule has 0 aliphatic rings. The first-order chi connectivity index (χ1) is 3.27. The summed E-state index contributed by atoms with van der Waals surface area (Å²) in [7, 11) is 0.